The van der Waals surface area contributed by atoms with Gasteiger partial charge in [-0.05, 0) is 103 Å². The van der Waals surface area contributed by atoms with Crippen molar-refractivity contribution >= 4 is 39.2 Å². The molecule has 4 aromatic carbocycles. The maximum Gasteiger partial charge on any atom is 0.343 e. The summed E-state index contributed by atoms with van der Waals surface area (Å²) in [7, 11) is 0. The van der Waals surface area contributed by atoms with Gasteiger partial charge < -0.3 is 14.2 Å². The molecule has 0 saturated carbocycles. The zero-order valence-electron chi connectivity index (χ0n) is 21.0. The average Bonchev–Trinajstić information content (AvgIpc) is 3.40. The topological polar surface area (TPSA) is 60.4 Å². The molecule has 0 saturated heterocycles. The van der Waals surface area contributed by atoms with Gasteiger partial charge >= 0.3 is 5.97 Å². The molecule has 4 aromatic rings. The second-order valence-corrected chi connectivity index (χ2v) is 10.6. The van der Waals surface area contributed by atoms with Gasteiger partial charge in [0.05, 0.1) is 23.9 Å². The van der Waals surface area contributed by atoms with Crippen molar-refractivity contribution in [2.24, 2.45) is 5.10 Å². The summed E-state index contributed by atoms with van der Waals surface area (Å²) < 4.78 is 18.5. The van der Waals surface area contributed by atoms with Gasteiger partial charge in [-0.3, -0.25) is 0 Å². The van der Waals surface area contributed by atoms with Gasteiger partial charge in [0.15, 0.2) is 0 Å². The molecule has 0 radical (unpaired) electrons. The lowest BCUT2D eigenvalue weighted by atomic mass is 9.96. The van der Waals surface area contributed by atoms with E-state index in [-0.39, 0.29) is 6.04 Å². The summed E-state index contributed by atoms with van der Waals surface area (Å²) in [5, 5.41) is 7.66. The molecule has 6 nitrogen and oxygen atoms in total. The van der Waals surface area contributed by atoms with Crippen molar-refractivity contribution in [2.75, 3.05) is 6.61 Å². The number of carbonyl (C=O) groups excluding carboxylic acids is 1. The number of benzene rings is 4. The molecule has 39 heavy (non-hydrogen) atoms. The molecule has 0 bridgehead atoms. The quantitative estimate of drug-likeness (QED) is 0.165. The number of nitrogens with zero attached hydrogens (tertiary/aromatic N) is 2. The van der Waals surface area contributed by atoms with Gasteiger partial charge in [-0.2, -0.15) is 5.10 Å². The van der Waals surface area contributed by atoms with Gasteiger partial charge in [0.25, 0.3) is 0 Å². The second kappa shape index (κ2) is 10.8. The Kier molecular flexibility index (Phi) is 7.02. The number of hydrazone groups is 1. The van der Waals surface area contributed by atoms with Crippen LogP contribution < -0.4 is 14.2 Å². The number of halogens is 2. The van der Waals surface area contributed by atoms with Crippen molar-refractivity contribution < 1.29 is 19.0 Å². The number of esters is 1. The molecule has 0 spiro atoms. The molecule has 0 aliphatic carbocycles. The first-order valence-corrected chi connectivity index (χ1v) is 13.8. The number of ether oxygens (including phenoxy) is 3. The lowest BCUT2D eigenvalue weighted by Gasteiger charge is -2.38. The number of carbonyl (C=O) groups is 1. The lowest BCUT2D eigenvalue weighted by molar-refractivity contribution is -0.0190. The van der Waals surface area contributed by atoms with E-state index in [9.17, 15) is 4.79 Å². The number of rotatable bonds is 6. The molecule has 2 heterocycles. The van der Waals surface area contributed by atoms with Crippen LogP contribution >= 0.6 is 27.5 Å². The Hall–Kier alpha value is -3.81. The standard InChI is InChI=1S/C31H24BrClN2O4/c1-2-37-24-12-5-19(6-13-24)27-18-28-26-17-23(33)11-16-29(26)39-30(35(28)34-27)20-7-14-25(15-8-20)38-31(36)21-3-9-22(32)10-4-21/h3-17,28,30H,2,18H2,1H3/t28-,30+/m0/s1. The Morgan fingerprint density at radius 2 is 1.72 bits per heavy atom. The average molecular weight is 604 g/mol. The van der Waals surface area contributed by atoms with Crippen molar-refractivity contribution in [1.82, 2.24) is 5.01 Å². The molecule has 2 atom stereocenters. The van der Waals surface area contributed by atoms with E-state index in [4.69, 9.17) is 30.9 Å². The van der Waals surface area contributed by atoms with Crippen molar-refractivity contribution in [1.29, 1.82) is 0 Å². The van der Waals surface area contributed by atoms with Gasteiger partial charge in [0, 0.05) is 27.0 Å². The van der Waals surface area contributed by atoms with Crippen LogP contribution in [0, 0.1) is 0 Å². The molecule has 8 heteroatoms. The van der Waals surface area contributed by atoms with Crippen LogP contribution in [0.15, 0.2) is 101 Å². The molecule has 0 unspecified atom stereocenters. The van der Waals surface area contributed by atoms with E-state index in [0.717, 1.165) is 38.4 Å². The summed E-state index contributed by atoms with van der Waals surface area (Å²) in [6.07, 6.45) is 0.254. The minimum atomic E-state index is -0.458. The maximum absolute atomic E-state index is 12.5. The van der Waals surface area contributed by atoms with Gasteiger partial charge in [0.1, 0.15) is 17.2 Å². The largest absolute Gasteiger partial charge is 0.494 e. The third kappa shape index (κ3) is 5.24. The summed E-state index contributed by atoms with van der Waals surface area (Å²) >= 11 is 9.74. The monoisotopic (exact) mass is 602 g/mol. The summed E-state index contributed by atoms with van der Waals surface area (Å²) in [6.45, 7) is 2.59. The van der Waals surface area contributed by atoms with Gasteiger partial charge in [-0.25, -0.2) is 9.80 Å². The highest BCUT2D eigenvalue weighted by Gasteiger charge is 2.41. The molecule has 0 N–H and O–H groups in total. The predicted molar refractivity (Wildman–Crippen MR) is 154 cm³/mol. The second-order valence-electron chi connectivity index (χ2n) is 9.22. The summed E-state index contributed by atoms with van der Waals surface area (Å²) in [5.41, 5.74) is 4.36. The van der Waals surface area contributed by atoms with Crippen molar-refractivity contribution in [3.8, 4) is 17.2 Å². The predicted octanol–water partition coefficient (Wildman–Crippen LogP) is 7.96. The molecular weight excluding hydrogens is 580 g/mol. The number of fused-ring (bicyclic) bond motifs is 3. The van der Waals surface area contributed by atoms with E-state index in [0.29, 0.717) is 29.4 Å². The molecule has 196 valence electrons. The Bertz CT molecular complexity index is 1540. The third-order valence-electron chi connectivity index (χ3n) is 6.71. The Morgan fingerprint density at radius 3 is 2.44 bits per heavy atom. The van der Waals surface area contributed by atoms with Gasteiger partial charge in [0.2, 0.25) is 6.23 Å². The van der Waals surface area contributed by atoms with E-state index < -0.39 is 12.2 Å². The maximum atomic E-state index is 12.5. The first-order chi connectivity index (χ1) is 19.0. The van der Waals surface area contributed by atoms with Gasteiger partial charge in [-0.15, -0.1) is 0 Å². The first-order valence-electron chi connectivity index (χ1n) is 12.6. The van der Waals surface area contributed by atoms with Gasteiger partial charge in [-0.1, -0.05) is 27.5 Å². The van der Waals surface area contributed by atoms with E-state index in [1.807, 2.05) is 66.5 Å². The normalized spacial score (nSPS) is 17.5. The fourth-order valence-corrected chi connectivity index (χ4v) is 5.26. The first kappa shape index (κ1) is 25.5. The van der Waals surface area contributed by atoms with Crippen LogP contribution in [0.3, 0.4) is 0 Å². The molecule has 6 rings (SSSR count). The fraction of sp³-hybridized carbons (Fsp3) is 0.161. The van der Waals surface area contributed by atoms with Crippen molar-refractivity contribution in [3.63, 3.8) is 0 Å². The van der Waals surface area contributed by atoms with E-state index >= 15 is 0 Å². The molecular formula is C31H24BrClN2O4. The van der Waals surface area contributed by atoms with E-state index in [1.54, 1.807) is 36.4 Å². The van der Waals surface area contributed by atoms with Crippen molar-refractivity contribution in [2.45, 2.75) is 25.6 Å². The zero-order valence-corrected chi connectivity index (χ0v) is 23.4. The minimum absolute atomic E-state index is 0.0334. The van der Waals surface area contributed by atoms with Crippen LogP contribution in [-0.2, 0) is 0 Å². The molecule has 0 fully saturated rings. The molecule has 2 aliphatic rings. The van der Waals surface area contributed by atoms with Crippen LogP contribution in [0.25, 0.3) is 0 Å². The number of hydrogen-bond donors (Lipinski definition) is 0. The summed E-state index contributed by atoms with van der Waals surface area (Å²) in [4.78, 5) is 12.5. The van der Waals surface area contributed by atoms with Crippen molar-refractivity contribution in [3.05, 3.63) is 123 Å². The van der Waals surface area contributed by atoms with Crippen LogP contribution in [0.4, 0.5) is 0 Å². The Balaban J connectivity index is 1.28. The number of hydrogen-bond acceptors (Lipinski definition) is 6. The van der Waals surface area contributed by atoms with E-state index in [1.165, 1.54) is 0 Å². The Labute approximate surface area is 239 Å². The molecule has 0 aromatic heterocycles. The van der Waals surface area contributed by atoms with Crippen LogP contribution in [0.5, 0.6) is 17.2 Å². The highest BCUT2D eigenvalue weighted by molar-refractivity contribution is 9.10. The molecule has 0 amide bonds. The highest BCUT2D eigenvalue weighted by atomic mass is 79.9. The smallest absolute Gasteiger partial charge is 0.343 e. The minimum Gasteiger partial charge on any atom is -0.494 e. The SMILES string of the molecule is CCOc1ccc(C2=NN3[C@@H](c4ccc(OC(=O)c5ccc(Br)cc5)cc4)Oc4ccc(Cl)cc4[C@@H]3C2)cc1. The van der Waals surface area contributed by atoms with Crippen LogP contribution in [0.2, 0.25) is 5.02 Å². The van der Waals surface area contributed by atoms with E-state index in [2.05, 4.69) is 15.9 Å². The lowest BCUT2D eigenvalue weighted by Crippen LogP contribution is -2.33. The molecule has 2 aliphatic heterocycles. The Morgan fingerprint density at radius 1 is 1.00 bits per heavy atom. The van der Waals surface area contributed by atoms with Crippen LogP contribution in [0.1, 0.15) is 52.7 Å². The fourth-order valence-electron chi connectivity index (χ4n) is 4.82. The zero-order chi connectivity index (χ0) is 26.9. The third-order valence-corrected chi connectivity index (χ3v) is 7.47. The highest BCUT2D eigenvalue weighted by Crippen LogP contribution is 2.48. The summed E-state index contributed by atoms with van der Waals surface area (Å²) in [6, 6.07) is 28.0. The van der Waals surface area contributed by atoms with Crippen LogP contribution in [-0.4, -0.2) is 23.3 Å². The summed E-state index contributed by atoms with van der Waals surface area (Å²) in [5.74, 6) is 1.64.